The number of methoxy groups -OCH3 is 1. The molecule has 0 saturated heterocycles. The summed E-state index contributed by atoms with van der Waals surface area (Å²) in [5, 5.41) is 0.0825. The molecule has 2 atom stereocenters. The highest BCUT2D eigenvalue weighted by Crippen LogP contribution is 2.38. The topological polar surface area (TPSA) is 52.6 Å². The van der Waals surface area contributed by atoms with Crippen molar-refractivity contribution in [2.45, 2.75) is 64.8 Å². The lowest BCUT2D eigenvalue weighted by Crippen LogP contribution is -2.45. The average molecular weight is 288 g/mol. The van der Waals surface area contributed by atoms with Crippen molar-refractivity contribution >= 4 is 20.6 Å². The maximum atomic E-state index is 11.3. The molecule has 0 aliphatic carbocycles. The first-order valence-corrected chi connectivity index (χ1v) is 9.64. The minimum Gasteiger partial charge on any atom is -0.469 e. The number of ether oxygens (including phenoxy) is 1. The van der Waals surface area contributed by atoms with Crippen molar-refractivity contribution in [3.8, 4) is 0 Å². The van der Waals surface area contributed by atoms with Gasteiger partial charge >= 0.3 is 5.97 Å². The summed E-state index contributed by atoms with van der Waals surface area (Å²) in [6.07, 6.45) is 1.26. The van der Waals surface area contributed by atoms with Crippen LogP contribution in [0.25, 0.3) is 0 Å². The summed E-state index contributed by atoms with van der Waals surface area (Å²) in [6, 6.07) is 0. The quantitative estimate of drug-likeness (QED) is 0.410. The molecule has 0 bridgehead atoms. The third-order valence-electron chi connectivity index (χ3n) is 3.93. The number of esters is 1. The maximum absolute atomic E-state index is 11.3. The molecule has 4 nitrogen and oxygen atoms in total. The van der Waals surface area contributed by atoms with E-state index in [1.165, 1.54) is 7.11 Å². The predicted octanol–water partition coefficient (Wildman–Crippen LogP) is 3.17. The van der Waals surface area contributed by atoms with E-state index < -0.39 is 8.32 Å². The summed E-state index contributed by atoms with van der Waals surface area (Å²) in [7, 11) is -0.567. The summed E-state index contributed by atoms with van der Waals surface area (Å²) in [5.74, 6) is -0.283. The monoisotopic (exact) mass is 288 g/mol. The number of hydrogen-bond donors (Lipinski definition) is 0. The van der Waals surface area contributed by atoms with Crippen LogP contribution in [0.4, 0.5) is 0 Å². The zero-order valence-electron chi connectivity index (χ0n) is 13.3. The summed E-state index contributed by atoms with van der Waals surface area (Å²) >= 11 is 0. The van der Waals surface area contributed by atoms with Crippen molar-refractivity contribution in [2.24, 2.45) is 5.92 Å². The van der Waals surface area contributed by atoms with Gasteiger partial charge in [0.15, 0.2) is 8.32 Å². The third kappa shape index (κ3) is 5.87. The molecule has 0 aromatic rings. The average Bonchev–Trinajstić information content (AvgIpc) is 2.26. The Balaban J connectivity index is 4.82. The summed E-state index contributed by atoms with van der Waals surface area (Å²) in [5.41, 5.74) is 0. The van der Waals surface area contributed by atoms with Crippen LogP contribution in [0.2, 0.25) is 18.1 Å². The standard InChI is InChI=1S/C14H28O4Si/c1-11(10-13(16)17-5)12(8-9-15)18-19(6,7)14(2,3)4/h9,11-12H,8,10H2,1-7H3/t11-,12-/m1/s1. The van der Waals surface area contributed by atoms with Gasteiger partial charge < -0.3 is 14.0 Å². The first-order valence-electron chi connectivity index (χ1n) is 6.73. The van der Waals surface area contributed by atoms with Gasteiger partial charge in [0.25, 0.3) is 0 Å². The van der Waals surface area contributed by atoms with Gasteiger partial charge in [-0.25, -0.2) is 0 Å². The van der Waals surface area contributed by atoms with E-state index in [1.54, 1.807) is 0 Å². The van der Waals surface area contributed by atoms with Gasteiger partial charge in [-0.1, -0.05) is 27.7 Å². The zero-order valence-corrected chi connectivity index (χ0v) is 14.3. The minimum atomic E-state index is -1.94. The lowest BCUT2D eigenvalue weighted by molar-refractivity contribution is -0.142. The molecule has 0 N–H and O–H groups in total. The fourth-order valence-electron chi connectivity index (χ4n) is 1.52. The fraction of sp³-hybridized carbons (Fsp3) is 0.857. The Bertz CT molecular complexity index is 307. The largest absolute Gasteiger partial charge is 0.469 e. The summed E-state index contributed by atoms with van der Waals surface area (Å²) < 4.78 is 10.9. The van der Waals surface area contributed by atoms with Gasteiger partial charge in [-0.3, -0.25) is 4.79 Å². The Morgan fingerprint density at radius 1 is 1.32 bits per heavy atom. The van der Waals surface area contributed by atoms with E-state index >= 15 is 0 Å². The molecule has 0 unspecified atom stereocenters. The molecule has 0 amide bonds. The summed E-state index contributed by atoms with van der Waals surface area (Å²) in [4.78, 5) is 22.2. The fourth-order valence-corrected chi connectivity index (χ4v) is 2.96. The van der Waals surface area contributed by atoms with Gasteiger partial charge in [-0.15, -0.1) is 0 Å². The van der Waals surface area contributed by atoms with Crippen LogP contribution in [-0.4, -0.2) is 33.8 Å². The molecule has 0 spiro atoms. The second kappa shape index (κ2) is 7.19. The smallest absolute Gasteiger partial charge is 0.305 e. The molecule has 0 saturated carbocycles. The number of hydrogen-bond acceptors (Lipinski definition) is 4. The van der Waals surface area contributed by atoms with Crippen LogP contribution in [0.5, 0.6) is 0 Å². The van der Waals surface area contributed by atoms with Gasteiger partial charge in [0.1, 0.15) is 6.29 Å². The first kappa shape index (κ1) is 18.3. The van der Waals surface area contributed by atoms with Crippen molar-refractivity contribution < 1.29 is 18.8 Å². The van der Waals surface area contributed by atoms with Crippen LogP contribution >= 0.6 is 0 Å². The molecule has 0 aromatic heterocycles. The molecular formula is C14H28O4Si. The molecule has 19 heavy (non-hydrogen) atoms. The second-order valence-corrected chi connectivity index (χ2v) is 11.3. The van der Waals surface area contributed by atoms with Crippen molar-refractivity contribution in [1.82, 2.24) is 0 Å². The minimum absolute atomic E-state index is 0.0215. The van der Waals surface area contributed by atoms with Crippen LogP contribution in [0.15, 0.2) is 0 Å². The molecular weight excluding hydrogens is 260 g/mol. The van der Waals surface area contributed by atoms with Gasteiger partial charge in [-0.05, 0) is 24.1 Å². The van der Waals surface area contributed by atoms with Crippen LogP contribution in [0.1, 0.15) is 40.5 Å². The lowest BCUT2D eigenvalue weighted by Gasteiger charge is -2.40. The highest BCUT2D eigenvalue weighted by atomic mass is 28.4. The predicted molar refractivity (Wildman–Crippen MR) is 78.5 cm³/mol. The van der Waals surface area contributed by atoms with Crippen LogP contribution in [0.3, 0.4) is 0 Å². The van der Waals surface area contributed by atoms with Crippen molar-refractivity contribution in [1.29, 1.82) is 0 Å². The van der Waals surface area contributed by atoms with Crippen LogP contribution in [-0.2, 0) is 18.8 Å². The molecule has 0 aliphatic rings. The maximum Gasteiger partial charge on any atom is 0.305 e. The van der Waals surface area contributed by atoms with E-state index in [4.69, 9.17) is 4.43 Å². The Morgan fingerprint density at radius 2 is 1.84 bits per heavy atom. The second-order valence-electron chi connectivity index (χ2n) is 6.58. The first-order chi connectivity index (χ1) is 8.55. The van der Waals surface area contributed by atoms with E-state index in [2.05, 4.69) is 38.6 Å². The van der Waals surface area contributed by atoms with E-state index in [0.29, 0.717) is 6.42 Å². The SMILES string of the molecule is COC(=O)C[C@@H](C)[C@@H](CC=O)O[Si](C)(C)C(C)(C)C. The number of carbonyl (C=O) groups excluding carboxylic acids is 2. The van der Waals surface area contributed by atoms with Crippen LogP contribution in [0, 0.1) is 5.92 Å². The Morgan fingerprint density at radius 3 is 2.21 bits per heavy atom. The highest BCUT2D eigenvalue weighted by molar-refractivity contribution is 6.74. The Hall–Kier alpha value is -0.683. The van der Waals surface area contributed by atoms with E-state index in [-0.39, 0.29) is 29.5 Å². The number of rotatable bonds is 7. The molecule has 112 valence electrons. The molecule has 0 rings (SSSR count). The number of aldehydes is 1. The molecule has 0 aliphatic heterocycles. The molecule has 5 heteroatoms. The molecule has 0 aromatic carbocycles. The van der Waals surface area contributed by atoms with Crippen molar-refractivity contribution in [2.75, 3.05) is 7.11 Å². The third-order valence-corrected chi connectivity index (χ3v) is 8.44. The van der Waals surface area contributed by atoms with E-state index in [0.717, 1.165) is 6.29 Å². The Labute approximate surface area is 118 Å². The molecule has 0 fully saturated rings. The highest BCUT2D eigenvalue weighted by Gasteiger charge is 2.40. The van der Waals surface area contributed by atoms with E-state index in [9.17, 15) is 9.59 Å². The van der Waals surface area contributed by atoms with Gasteiger partial charge in [0, 0.05) is 6.42 Å². The molecule has 0 heterocycles. The van der Waals surface area contributed by atoms with Gasteiger partial charge in [-0.2, -0.15) is 0 Å². The Kier molecular flexibility index (Phi) is 6.93. The van der Waals surface area contributed by atoms with Crippen molar-refractivity contribution in [3.63, 3.8) is 0 Å². The van der Waals surface area contributed by atoms with Gasteiger partial charge in [0.2, 0.25) is 0 Å². The van der Waals surface area contributed by atoms with Crippen molar-refractivity contribution in [3.05, 3.63) is 0 Å². The van der Waals surface area contributed by atoms with E-state index in [1.807, 2.05) is 6.92 Å². The lowest BCUT2D eigenvalue weighted by atomic mass is 9.99. The zero-order chi connectivity index (χ0) is 15.3. The number of carbonyl (C=O) groups is 2. The van der Waals surface area contributed by atoms with Gasteiger partial charge in [0.05, 0.1) is 19.6 Å². The summed E-state index contributed by atoms with van der Waals surface area (Å²) in [6.45, 7) is 12.7. The van der Waals surface area contributed by atoms with Crippen LogP contribution < -0.4 is 0 Å². The normalized spacial score (nSPS) is 15.7. The molecule has 0 radical (unpaired) electrons.